The van der Waals surface area contributed by atoms with Gasteiger partial charge in [0.25, 0.3) is 0 Å². The molecule has 0 amide bonds. The number of imidazole rings is 1. The number of benzene rings is 2. The van der Waals surface area contributed by atoms with Gasteiger partial charge in [-0.25, -0.2) is 26.2 Å². The number of fused-ring (bicyclic) bond motifs is 1. The normalized spacial score (nSPS) is 15.7. The third-order valence-electron chi connectivity index (χ3n) is 4.18. The van der Waals surface area contributed by atoms with Gasteiger partial charge in [0.15, 0.2) is 19.9 Å². The van der Waals surface area contributed by atoms with Gasteiger partial charge in [-0.3, -0.25) is 0 Å². The van der Waals surface area contributed by atoms with Crippen LogP contribution in [0.15, 0.2) is 69.5 Å². The van der Waals surface area contributed by atoms with E-state index in [0.717, 1.165) is 24.3 Å². The van der Waals surface area contributed by atoms with Crippen molar-refractivity contribution in [1.82, 2.24) is 9.55 Å². The highest BCUT2D eigenvalue weighted by atomic mass is 32.2. The zero-order valence-electron chi connectivity index (χ0n) is 13.3. The molecule has 9 heteroatoms. The fraction of sp³-hybridized carbons (Fsp3) is 0.118. The Bertz CT molecular complexity index is 1200. The zero-order valence-corrected chi connectivity index (χ0v) is 15.0. The maximum atomic E-state index is 13.1. The Labute approximate surface area is 149 Å². The first-order valence-electron chi connectivity index (χ1n) is 7.70. The van der Waals surface area contributed by atoms with Crippen molar-refractivity contribution in [2.45, 2.75) is 21.5 Å². The Morgan fingerprint density at radius 2 is 1.65 bits per heavy atom. The molecule has 0 saturated carbocycles. The zero-order chi connectivity index (χ0) is 18.5. The summed E-state index contributed by atoms with van der Waals surface area (Å²) in [7, 11) is -7.99. The Morgan fingerprint density at radius 3 is 2.31 bits per heavy atom. The molecule has 6 nitrogen and oxygen atoms in total. The lowest BCUT2D eigenvalue weighted by atomic mass is 10.2. The van der Waals surface area contributed by atoms with Gasteiger partial charge in [0.05, 0.1) is 10.6 Å². The molecule has 26 heavy (non-hydrogen) atoms. The van der Waals surface area contributed by atoms with Crippen LogP contribution in [0.3, 0.4) is 0 Å². The predicted molar refractivity (Wildman–Crippen MR) is 91.6 cm³/mol. The van der Waals surface area contributed by atoms with Gasteiger partial charge in [-0.15, -0.1) is 0 Å². The summed E-state index contributed by atoms with van der Waals surface area (Å²) in [5.74, 6) is -0.490. The minimum Gasteiger partial charge on any atom is -0.313 e. The van der Waals surface area contributed by atoms with Crippen LogP contribution >= 0.6 is 0 Å². The molecular weight excluding hydrogens is 379 g/mol. The van der Waals surface area contributed by atoms with Crippen molar-refractivity contribution in [2.24, 2.45) is 0 Å². The van der Waals surface area contributed by atoms with E-state index in [1.807, 2.05) is 0 Å². The van der Waals surface area contributed by atoms with E-state index in [0.29, 0.717) is 5.56 Å². The highest BCUT2D eigenvalue weighted by Gasteiger charge is 2.39. The second-order valence-corrected chi connectivity index (χ2v) is 9.73. The Morgan fingerprint density at radius 1 is 1.00 bits per heavy atom. The summed E-state index contributed by atoms with van der Waals surface area (Å²) in [6.45, 7) is 0.133. The van der Waals surface area contributed by atoms with Crippen molar-refractivity contribution in [3.05, 3.63) is 60.4 Å². The van der Waals surface area contributed by atoms with E-state index in [9.17, 15) is 21.2 Å². The predicted octanol–water partition coefficient (Wildman–Crippen LogP) is 2.31. The number of aromatic nitrogens is 2. The lowest BCUT2D eigenvalue weighted by Gasteiger charge is -2.03. The molecule has 2 aromatic carbocycles. The van der Waals surface area contributed by atoms with Crippen LogP contribution < -0.4 is 0 Å². The molecule has 0 atom stereocenters. The van der Waals surface area contributed by atoms with Gasteiger partial charge in [-0.05, 0) is 24.3 Å². The average molecular weight is 392 g/mol. The van der Waals surface area contributed by atoms with Gasteiger partial charge >= 0.3 is 0 Å². The van der Waals surface area contributed by atoms with Crippen LogP contribution in [0.2, 0.25) is 0 Å². The monoisotopic (exact) mass is 392 g/mol. The molecule has 134 valence electrons. The van der Waals surface area contributed by atoms with Crippen molar-refractivity contribution < 1.29 is 21.2 Å². The molecule has 2 heterocycles. The Balaban J connectivity index is 2.00. The van der Waals surface area contributed by atoms with Gasteiger partial charge in [0.2, 0.25) is 9.84 Å². The van der Waals surface area contributed by atoms with E-state index in [1.165, 1.54) is 4.57 Å². The highest BCUT2D eigenvalue weighted by molar-refractivity contribution is 7.94. The molecule has 0 saturated heterocycles. The van der Waals surface area contributed by atoms with Crippen molar-refractivity contribution in [3.63, 3.8) is 0 Å². The van der Waals surface area contributed by atoms with Crippen LogP contribution in [0, 0.1) is 5.82 Å². The fourth-order valence-electron chi connectivity index (χ4n) is 2.94. The summed E-state index contributed by atoms with van der Waals surface area (Å²) >= 11 is 0. The van der Waals surface area contributed by atoms with Crippen molar-refractivity contribution in [2.75, 3.05) is 5.75 Å². The third kappa shape index (κ3) is 2.55. The summed E-state index contributed by atoms with van der Waals surface area (Å²) in [5, 5.41) is -0.818. The number of hydrogen-bond acceptors (Lipinski definition) is 5. The molecule has 1 aromatic heterocycles. The number of nitrogens with zero attached hydrogens (tertiary/aromatic N) is 2. The SMILES string of the molecule is O=S1(=O)CCn2c(-c3ccccc3)nc(S(=O)(=O)c3ccc(F)cc3)c21. The van der Waals surface area contributed by atoms with Crippen LogP contribution in [0.5, 0.6) is 0 Å². The number of hydrogen-bond donors (Lipinski definition) is 0. The molecule has 0 spiro atoms. The lowest BCUT2D eigenvalue weighted by Crippen LogP contribution is -2.09. The molecule has 0 unspecified atom stereocenters. The maximum absolute atomic E-state index is 13.1. The summed E-state index contributed by atoms with van der Waals surface area (Å²) < 4.78 is 65.4. The molecule has 0 radical (unpaired) electrons. The smallest absolute Gasteiger partial charge is 0.226 e. The summed E-state index contributed by atoms with van der Waals surface area (Å²) in [6.07, 6.45) is 0. The minimum atomic E-state index is -4.22. The highest BCUT2D eigenvalue weighted by Crippen LogP contribution is 2.35. The van der Waals surface area contributed by atoms with Gasteiger partial charge in [-0.2, -0.15) is 0 Å². The Hall–Kier alpha value is -2.52. The molecule has 1 aliphatic rings. The van der Waals surface area contributed by atoms with Crippen LogP contribution in [-0.2, 0) is 26.2 Å². The first-order valence-corrected chi connectivity index (χ1v) is 10.8. The van der Waals surface area contributed by atoms with E-state index < -0.39 is 30.5 Å². The van der Waals surface area contributed by atoms with Crippen LogP contribution in [-0.4, -0.2) is 32.1 Å². The van der Waals surface area contributed by atoms with Gasteiger partial charge < -0.3 is 4.57 Å². The van der Waals surface area contributed by atoms with E-state index in [2.05, 4.69) is 4.98 Å². The molecule has 0 N–H and O–H groups in total. The first-order chi connectivity index (χ1) is 12.3. The molecule has 0 bridgehead atoms. The van der Waals surface area contributed by atoms with Crippen molar-refractivity contribution in [3.8, 4) is 11.4 Å². The largest absolute Gasteiger partial charge is 0.313 e. The quantitative estimate of drug-likeness (QED) is 0.639. The summed E-state index contributed by atoms with van der Waals surface area (Å²) in [5.41, 5.74) is 0.617. The lowest BCUT2D eigenvalue weighted by molar-refractivity contribution is 0.578. The second-order valence-electron chi connectivity index (χ2n) is 5.84. The van der Waals surface area contributed by atoms with E-state index in [1.54, 1.807) is 30.3 Å². The summed E-state index contributed by atoms with van der Waals surface area (Å²) in [4.78, 5) is 3.96. The van der Waals surface area contributed by atoms with Crippen molar-refractivity contribution >= 4 is 19.7 Å². The fourth-order valence-corrected chi connectivity index (χ4v) is 6.36. The molecular formula is C17H13FN2O4S2. The van der Waals surface area contributed by atoms with E-state index in [-0.39, 0.29) is 28.0 Å². The van der Waals surface area contributed by atoms with Crippen LogP contribution in [0.4, 0.5) is 4.39 Å². The second kappa shape index (κ2) is 5.75. The standard InChI is InChI=1S/C17H13FN2O4S2/c18-13-6-8-14(9-7-13)26(23,24)16-17-20(10-11-25(17,21)22)15(19-16)12-4-2-1-3-5-12/h1-9H,10-11H2. The van der Waals surface area contributed by atoms with E-state index in [4.69, 9.17) is 0 Å². The van der Waals surface area contributed by atoms with Gasteiger partial charge in [0.1, 0.15) is 11.6 Å². The average Bonchev–Trinajstić information content (AvgIpc) is 3.15. The van der Waals surface area contributed by atoms with Gasteiger partial charge in [0, 0.05) is 12.1 Å². The maximum Gasteiger partial charge on any atom is 0.226 e. The van der Waals surface area contributed by atoms with Gasteiger partial charge in [-0.1, -0.05) is 30.3 Å². The van der Waals surface area contributed by atoms with Crippen molar-refractivity contribution in [1.29, 1.82) is 0 Å². The number of sulfone groups is 2. The third-order valence-corrected chi connectivity index (χ3v) is 7.72. The molecule has 0 fully saturated rings. The molecule has 3 aromatic rings. The number of rotatable bonds is 3. The molecule has 0 aliphatic carbocycles. The Kier molecular flexibility index (Phi) is 3.74. The number of halogens is 1. The van der Waals surface area contributed by atoms with Crippen LogP contribution in [0.25, 0.3) is 11.4 Å². The molecule has 4 rings (SSSR count). The van der Waals surface area contributed by atoms with Crippen LogP contribution in [0.1, 0.15) is 0 Å². The first kappa shape index (κ1) is 16.9. The topological polar surface area (TPSA) is 86.1 Å². The minimum absolute atomic E-state index is 0.133. The molecule has 1 aliphatic heterocycles. The summed E-state index contributed by atoms with van der Waals surface area (Å²) in [6, 6.07) is 13.0. The van der Waals surface area contributed by atoms with E-state index >= 15 is 0 Å².